The Hall–Kier alpha value is -4.25. The highest BCUT2D eigenvalue weighted by molar-refractivity contribution is 7.90. The van der Waals surface area contributed by atoms with Crippen molar-refractivity contribution in [3.05, 3.63) is 65.7 Å². The number of hydrogen-bond donors (Lipinski definition) is 4. The molecule has 0 aliphatic heterocycles. The third-order valence-corrected chi connectivity index (χ3v) is 7.93. The summed E-state index contributed by atoms with van der Waals surface area (Å²) in [5.74, 6) is -1.40. The van der Waals surface area contributed by atoms with Crippen molar-refractivity contribution in [3.8, 4) is 34.1 Å². The molecule has 0 saturated heterocycles. The van der Waals surface area contributed by atoms with E-state index in [0.29, 0.717) is 42.1 Å². The second-order valence-electron chi connectivity index (χ2n) is 10.3. The van der Waals surface area contributed by atoms with Crippen LogP contribution < -0.4 is 9.47 Å². The van der Waals surface area contributed by atoms with Crippen LogP contribution in [0.25, 0.3) is 11.1 Å². The molecule has 0 saturated carbocycles. The van der Waals surface area contributed by atoms with Crippen molar-refractivity contribution in [1.29, 1.82) is 0 Å². The average molecular weight is 615 g/mol. The molecular weight excluding hydrogens is 576 g/mol. The number of carbonyl (C=O) groups is 2. The minimum absolute atomic E-state index is 0.00113. The zero-order valence-corrected chi connectivity index (χ0v) is 24.9. The van der Waals surface area contributed by atoms with E-state index in [9.17, 15) is 33.3 Å². The monoisotopic (exact) mass is 614 g/mol. The Morgan fingerprint density at radius 1 is 0.721 bits per heavy atom. The van der Waals surface area contributed by atoms with Gasteiger partial charge in [-0.2, -0.15) is 0 Å². The first-order chi connectivity index (χ1) is 20.4. The summed E-state index contributed by atoms with van der Waals surface area (Å²) in [5.41, 5.74) is 2.91. The van der Waals surface area contributed by atoms with Gasteiger partial charge < -0.3 is 29.9 Å². The summed E-state index contributed by atoms with van der Waals surface area (Å²) in [6.45, 7) is 0.610. The topological polar surface area (TPSA) is 168 Å². The number of carboxylic acid groups (broad SMARTS) is 2. The molecule has 0 unspecified atom stereocenters. The lowest BCUT2D eigenvalue weighted by atomic mass is 9.97. The van der Waals surface area contributed by atoms with E-state index in [2.05, 4.69) is 0 Å². The Morgan fingerprint density at radius 3 is 2.14 bits per heavy atom. The molecule has 4 N–H and O–H groups in total. The fourth-order valence-electron chi connectivity index (χ4n) is 4.60. The van der Waals surface area contributed by atoms with E-state index in [1.165, 1.54) is 24.3 Å². The third kappa shape index (κ3) is 10.8. The van der Waals surface area contributed by atoms with E-state index in [1.54, 1.807) is 18.2 Å². The number of aryl methyl sites for hydroxylation is 1. The van der Waals surface area contributed by atoms with Gasteiger partial charge in [-0.1, -0.05) is 31.0 Å². The fourth-order valence-corrected chi connectivity index (χ4v) is 5.27. The van der Waals surface area contributed by atoms with Crippen molar-refractivity contribution in [3.63, 3.8) is 0 Å². The van der Waals surface area contributed by atoms with Gasteiger partial charge in [0.15, 0.2) is 21.3 Å². The molecule has 0 fully saturated rings. The number of aliphatic carboxylic acids is 2. The van der Waals surface area contributed by atoms with Crippen LogP contribution >= 0.6 is 0 Å². The number of hydrogen-bond acceptors (Lipinski definition) is 8. The van der Waals surface area contributed by atoms with Gasteiger partial charge in [0.2, 0.25) is 0 Å². The Morgan fingerprint density at radius 2 is 1.44 bits per heavy atom. The Labute approximate surface area is 251 Å². The normalized spacial score (nSPS) is 11.3. The molecule has 0 heterocycles. The molecule has 0 amide bonds. The second-order valence-corrected chi connectivity index (χ2v) is 12.3. The van der Waals surface area contributed by atoms with Gasteiger partial charge in [-0.15, -0.1) is 0 Å². The van der Waals surface area contributed by atoms with Crippen molar-refractivity contribution in [2.75, 3.05) is 19.5 Å². The molecule has 0 atom stereocenters. The highest BCUT2D eigenvalue weighted by atomic mass is 32.2. The average Bonchev–Trinajstić information content (AvgIpc) is 2.94. The molecule has 0 aromatic heterocycles. The van der Waals surface area contributed by atoms with E-state index in [4.69, 9.17) is 14.6 Å². The first kappa shape index (κ1) is 33.3. The first-order valence-electron chi connectivity index (χ1n) is 14.1. The lowest BCUT2D eigenvalue weighted by Crippen LogP contribution is -2.07. The maximum absolute atomic E-state index is 12.3. The van der Waals surface area contributed by atoms with Crippen molar-refractivity contribution in [2.24, 2.45) is 0 Å². The maximum Gasteiger partial charge on any atom is 0.303 e. The summed E-state index contributed by atoms with van der Waals surface area (Å²) in [5, 5.41) is 37.5. The van der Waals surface area contributed by atoms with Crippen LogP contribution in [-0.2, 0) is 32.3 Å². The fraction of sp³-hybridized carbons (Fsp3) is 0.375. The highest BCUT2D eigenvalue weighted by Crippen LogP contribution is 2.34. The first-order valence-corrected chi connectivity index (χ1v) is 16.0. The Bertz CT molecular complexity index is 1510. The van der Waals surface area contributed by atoms with Gasteiger partial charge >= 0.3 is 11.9 Å². The van der Waals surface area contributed by atoms with Crippen molar-refractivity contribution >= 4 is 21.8 Å². The number of aromatic hydroxyl groups is 2. The van der Waals surface area contributed by atoms with Crippen LogP contribution in [0.4, 0.5) is 0 Å². The van der Waals surface area contributed by atoms with Crippen LogP contribution in [0, 0.1) is 0 Å². The van der Waals surface area contributed by atoms with Crippen LogP contribution in [0.1, 0.15) is 56.1 Å². The smallest absolute Gasteiger partial charge is 0.303 e. The molecule has 0 bridgehead atoms. The van der Waals surface area contributed by atoms with Crippen LogP contribution in [-0.4, -0.2) is 60.3 Å². The zero-order chi connectivity index (χ0) is 31.4. The largest absolute Gasteiger partial charge is 0.504 e. The molecule has 43 heavy (non-hydrogen) atoms. The zero-order valence-electron chi connectivity index (χ0n) is 24.1. The lowest BCUT2D eigenvalue weighted by molar-refractivity contribution is -0.138. The molecule has 3 aromatic rings. The second kappa shape index (κ2) is 15.8. The number of unbranched alkanes of at least 4 members (excludes halogenated alkanes) is 3. The summed E-state index contributed by atoms with van der Waals surface area (Å²) in [7, 11) is -3.53. The van der Waals surface area contributed by atoms with Gasteiger partial charge in [0, 0.05) is 19.1 Å². The number of carboxylic acids is 2. The third-order valence-electron chi connectivity index (χ3n) is 6.84. The number of ether oxygens (including phenoxy) is 2. The van der Waals surface area contributed by atoms with Crippen molar-refractivity contribution in [1.82, 2.24) is 0 Å². The number of sulfone groups is 1. The molecule has 10 nitrogen and oxygen atoms in total. The number of benzene rings is 3. The summed E-state index contributed by atoms with van der Waals surface area (Å²) in [6.07, 6.45) is 5.86. The maximum atomic E-state index is 12.3. The SMILES string of the molecule is CS(=O)(=O)c1cc(OCCCCCCc2cccc(OCCCC(=O)O)c2CCC(=O)O)cc(-c2ccc(O)c(O)c2)c1. The Balaban J connectivity index is 1.55. The molecule has 3 aromatic carbocycles. The molecular formula is C32H38O10S. The summed E-state index contributed by atoms with van der Waals surface area (Å²) < 4.78 is 36.2. The molecule has 11 heteroatoms. The van der Waals surface area contributed by atoms with Crippen LogP contribution in [0.5, 0.6) is 23.0 Å². The van der Waals surface area contributed by atoms with Crippen LogP contribution in [0.2, 0.25) is 0 Å². The Kier molecular flexibility index (Phi) is 12.2. The minimum Gasteiger partial charge on any atom is -0.504 e. The summed E-state index contributed by atoms with van der Waals surface area (Å²) in [6, 6.07) is 14.5. The predicted octanol–water partition coefficient (Wildman–Crippen LogP) is 5.61. The minimum atomic E-state index is -3.53. The van der Waals surface area contributed by atoms with E-state index >= 15 is 0 Å². The molecule has 0 aliphatic rings. The number of rotatable bonds is 18. The van der Waals surface area contributed by atoms with Gasteiger partial charge in [-0.25, -0.2) is 8.42 Å². The molecule has 232 valence electrons. The van der Waals surface area contributed by atoms with Gasteiger partial charge in [-0.05, 0) is 90.8 Å². The van der Waals surface area contributed by atoms with Gasteiger partial charge in [0.25, 0.3) is 0 Å². The predicted molar refractivity (Wildman–Crippen MR) is 161 cm³/mol. The van der Waals surface area contributed by atoms with E-state index in [-0.39, 0.29) is 35.8 Å². The summed E-state index contributed by atoms with van der Waals surface area (Å²) >= 11 is 0. The highest BCUT2D eigenvalue weighted by Gasteiger charge is 2.14. The number of phenols is 2. The standard InChI is InChI=1S/C32H38O10S/c1-43(39,40)26-19-24(23-12-14-28(33)29(34)20-23)18-25(21-26)41-16-5-3-2-4-8-22-9-6-10-30(27(22)13-15-32(37)38)42-17-7-11-31(35)36/h6,9-10,12,14,18-21,33-34H,2-5,7-8,11,13,15-17H2,1H3,(H,35,36)(H,37,38). The number of phenolic OH excluding ortho intramolecular Hbond substituents is 2. The van der Waals surface area contributed by atoms with Crippen LogP contribution in [0.3, 0.4) is 0 Å². The van der Waals surface area contributed by atoms with Crippen LogP contribution in [0.15, 0.2) is 59.5 Å². The molecule has 0 aliphatic carbocycles. The summed E-state index contributed by atoms with van der Waals surface area (Å²) in [4.78, 5) is 22.1. The molecule has 3 rings (SSSR count). The molecule has 0 spiro atoms. The van der Waals surface area contributed by atoms with E-state index in [1.807, 2.05) is 12.1 Å². The van der Waals surface area contributed by atoms with E-state index in [0.717, 1.165) is 49.5 Å². The van der Waals surface area contributed by atoms with Gasteiger partial charge in [0.05, 0.1) is 18.1 Å². The van der Waals surface area contributed by atoms with Gasteiger partial charge in [-0.3, -0.25) is 9.59 Å². The lowest BCUT2D eigenvalue weighted by Gasteiger charge is -2.15. The van der Waals surface area contributed by atoms with Crippen molar-refractivity contribution in [2.45, 2.75) is 62.7 Å². The van der Waals surface area contributed by atoms with Gasteiger partial charge in [0.1, 0.15) is 11.5 Å². The van der Waals surface area contributed by atoms with E-state index < -0.39 is 21.8 Å². The quantitative estimate of drug-likeness (QED) is 0.104. The molecule has 0 radical (unpaired) electrons. The van der Waals surface area contributed by atoms with Crippen molar-refractivity contribution < 1.29 is 47.9 Å².